The Balaban J connectivity index is 1.65. The van der Waals surface area contributed by atoms with Crippen LogP contribution in [-0.2, 0) is 0 Å². The molecule has 0 aliphatic carbocycles. The van der Waals surface area contributed by atoms with E-state index in [2.05, 4.69) is 21.7 Å². The number of nitro groups is 1. The Labute approximate surface area is 148 Å². The van der Waals surface area contributed by atoms with Crippen LogP contribution in [0.4, 0.5) is 17.3 Å². The molecule has 26 heavy (non-hydrogen) atoms. The molecule has 1 aliphatic heterocycles. The summed E-state index contributed by atoms with van der Waals surface area (Å²) in [7, 11) is 0. The first-order valence-corrected chi connectivity index (χ1v) is 7.95. The van der Waals surface area contributed by atoms with Gasteiger partial charge in [-0.1, -0.05) is 10.8 Å². The van der Waals surface area contributed by atoms with E-state index >= 15 is 0 Å². The zero-order chi connectivity index (χ0) is 18.1. The Bertz CT molecular complexity index is 1050. The average molecular weight is 347 g/mol. The summed E-state index contributed by atoms with van der Waals surface area (Å²) >= 11 is 0. The summed E-state index contributed by atoms with van der Waals surface area (Å²) in [5.41, 5.74) is 7.24. The number of benzene rings is 2. The highest BCUT2D eigenvalue weighted by Gasteiger charge is 2.26. The Morgan fingerprint density at radius 2 is 2.04 bits per heavy atom. The number of nitro benzene ring substituents is 1. The van der Waals surface area contributed by atoms with Crippen LogP contribution in [0, 0.1) is 17.0 Å². The molecule has 0 bridgehead atoms. The van der Waals surface area contributed by atoms with E-state index in [4.69, 9.17) is 0 Å². The summed E-state index contributed by atoms with van der Waals surface area (Å²) in [6, 6.07) is 12.5. The number of hydrazone groups is 1. The number of hydrogen-bond acceptors (Lipinski definition) is 5. The van der Waals surface area contributed by atoms with Gasteiger partial charge >= 0.3 is 0 Å². The summed E-state index contributed by atoms with van der Waals surface area (Å²) in [6.45, 7) is 2.03. The van der Waals surface area contributed by atoms with Gasteiger partial charge in [0, 0.05) is 24.3 Å². The molecule has 2 aromatic carbocycles. The number of nitrogens with zero attached hydrogens (tertiary/aromatic N) is 5. The van der Waals surface area contributed by atoms with E-state index in [-0.39, 0.29) is 5.69 Å². The van der Waals surface area contributed by atoms with Gasteiger partial charge in [0.2, 0.25) is 6.21 Å². The van der Waals surface area contributed by atoms with Gasteiger partial charge in [0.05, 0.1) is 4.92 Å². The first kappa shape index (κ1) is 15.7. The third-order valence-corrected chi connectivity index (χ3v) is 4.05. The fourth-order valence-electron chi connectivity index (χ4n) is 2.75. The van der Waals surface area contributed by atoms with Crippen molar-refractivity contribution < 1.29 is 9.61 Å². The lowest BCUT2D eigenvalue weighted by atomic mass is 10.1. The lowest BCUT2D eigenvalue weighted by molar-refractivity contribution is -0.401. The van der Waals surface area contributed by atoms with Gasteiger partial charge in [-0.25, -0.2) is 0 Å². The number of anilines is 1. The second kappa shape index (κ2) is 6.25. The smallest absolute Gasteiger partial charge is 0.258 e. The Morgan fingerprint density at radius 1 is 1.23 bits per heavy atom. The Kier molecular flexibility index (Phi) is 3.77. The summed E-state index contributed by atoms with van der Waals surface area (Å²) in [5, 5.41) is 18.7. The zero-order valence-electron chi connectivity index (χ0n) is 13.9. The fourth-order valence-corrected chi connectivity index (χ4v) is 2.75. The number of aryl methyl sites for hydroxylation is 1. The molecule has 0 amide bonds. The minimum atomic E-state index is -0.410. The first-order valence-electron chi connectivity index (χ1n) is 7.95. The zero-order valence-corrected chi connectivity index (χ0v) is 13.9. The summed E-state index contributed by atoms with van der Waals surface area (Å²) in [6.07, 6.45) is 7.28. The van der Waals surface area contributed by atoms with Crippen molar-refractivity contribution in [2.45, 2.75) is 6.92 Å². The number of hydrazine groups is 1. The van der Waals surface area contributed by atoms with Gasteiger partial charge in [0.25, 0.3) is 17.3 Å². The maximum atomic E-state index is 10.7. The molecule has 0 unspecified atom stereocenters. The highest BCUT2D eigenvalue weighted by Crippen LogP contribution is 2.30. The van der Waals surface area contributed by atoms with Crippen LogP contribution < -0.4 is 5.43 Å². The molecule has 8 nitrogen and oxygen atoms in total. The molecule has 1 N–H and O–H groups in total. The molecule has 1 aliphatic rings. The molecule has 128 valence electrons. The molecule has 8 heteroatoms. The SMILES string of the molecule is Cc1ccc2c(c1)/[N+](=C/C=C/c1ccc([N+](=O)[O-])cc1)Nc1nncn1-2. The molecule has 2 heterocycles. The van der Waals surface area contributed by atoms with E-state index in [1.807, 2.05) is 46.7 Å². The van der Waals surface area contributed by atoms with Gasteiger partial charge in [0.15, 0.2) is 0 Å². The summed E-state index contributed by atoms with van der Waals surface area (Å²) < 4.78 is 3.76. The van der Waals surface area contributed by atoms with Crippen LogP contribution in [0.15, 0.2) is 54.9 Å². The van der Waals surface area contributed by atoms with E-state index in [1.165, 1.54) is 12.1 Å². The summed E-state index contributed by atoms with van der Waals surface area (Å²) in [4.78, 5) is 10.3. The number of fused-ring (bicyclic) bond motifs is 3. The Morgan fingerprint density at radius 3 is 2.81 bits per heavy atom. The molecule has 0 spiro atoms. The maximum absolute atomic E-state index is 10.7. The molecular formula is C18H15N6O2+. The fraction of sp³-hybridized carbons (Fsp3) is 0.0556. The van der Waals surface area contributed by atoms with Crippen molar-refractivity contribution in [2.75, 3.05) is 5.43 Å². The first-order chi connectivity index (χ1) is 12.6. The number of rotatable bonds is 3. The molecule has 0 atom stereocenters. The Hall–Kier alpha value is -3.81. The number of allylic oxidation sites excluding steroid dienone is 1. The van der Waals surface area contributed by atoms with Gasteiger partial charge in [-0.05, 0) is 42.3 Å². The standard InChI is InChI=1S/C18H15N6O2/c1-13-4-9-16-17(11-13)23(21-18-20-19-12-22(16)18)10-2-3-14-5-7-15(8-6-14)24(25)26/h2-12H,1H3,(H,20,21)/q+1/b3-2+,23-10-. The molecule has 0 saturated carbocycles. The van der Waals surface area contributed by atoms with Crippen molar-refractivity contribution in [1.29, 1.82) is 0 Å². The summed E-state index contributed by atoms with van der Waals surface area (Å²) in [5.74, 6) is 0.626. The molecule has 1 aromatic heterocycles. The third kappa shape index (κ3) is 2.84. The predicted octanol–water partition coefficient (Wildman–Crippen LogP) is 3.25. The van der Waals surface area contributed by atoms with Crippen LogP contribution in [0.5, 0.6) is 0 Å². The molecular weight excluding hydrogens is 332 g/mol. The minimum Gasteiger partial charge on any atom is -0.258 e. The van der Waals surface area contributed by atoms with Crippen LogP contribution >= 0.6 is 0 Å². The van der Waals surface area contributed by atoms with Crippen LogP contribution in [0.25, 0.3) is 11.8 Å². The van der Waals surface area contributed by atoms with Gasteiger partial charge in [0.1, 0.15) is 12.0 Å². The van der Waals surface area contributed by atoms with Gasteiger partial charge < -0.3 is 0 Å². The minimum absolute atomic E-state index is 0.0764. The highest BCUT2D eigenvalue weighted by atomic mass is 16.6. The van der Waals surface area contributed by atoms with Gasteiger partial charge in [-0.2, -0.15) is 0 Å². The van der Waals surface area contributed by atoms with Crippen molar-refractivity contribution >= 4 is 29.6 Å². The molecule has 3 aromatic rings. The molecule has 4 rings (SSSR count). The highest BCUT2D eigenvalue weighted by molar-refractivity contribution is 5.77. The molecule has 0 radical (unpaired) electrons. The predicted molar refractivity (Wildman–Crippen MR) is 97.8 cm³/mol. The monoisotopic (exact) mass is 347 g/mol. The van der Waals surface area contributed by atoms with E-state index < -0.39 is 4.92 Å². The normalized spacial score (nSPS) is 14.1. The lowest BCUT2D eigenvalue weighted by Crippen LogP contribution is -2.23. The lowest BCUT2D eigenvalue weighted by Gasteiger charge is -2.15. The van der Waals surface area contributed by atoms with Crippen LogP contribution in [0.1, 0.15) is 11.1 Å². The number of non-ortho nitro benzene ring substituents is 1. The second-order valence-corrected chi connectivity index (χ2v) is 5.86. The topological polar surface area (TPSA) is 88.9 Å². The number of hydrogen-bond donors (Lipinski definition) is 1. The van der Waals surface area contributed by atoms with Gasteiger partial charge in [-0.3, -0.25) is 14.7 Å². The van der Waals surface area contributed by atoms with Crippen LogP contribution in [-0.4, -0.2) is 30.6 Å². The van der Waals surface area contributed by atoms with Crippen molar-refractivity contribution in [3.63, 3.8) is 0 Å². The number of aromatic nitrogens is 3. The maximum Gasteiger partial charge on any atom is 0.284 e. The van der Waals surface area contributed by atoms with E-state index in [9.17, 15) is 10.1 Å². The largest absolute Gasteiger partial charge is 0.284 e. The van der Waals surface area contributed by atoms with Crippen LogP contribution in [0.3, 0.4) is 0 Å². The van der Waals surface area contributed by atoms with Gasteiger partial charge in [-0.15, -0.1) is 15.6 Å². The van der Waals surface area contributed by atoms with Crippen LogP contribution in [0.2, 0.25) is 0 Å². The number of nitrogens with one attached hydrogen (secondary N) is 1. The second-order valence-electron chi connectivity index (χ2n) is 5.86. The van der Waals surface area contributed by atoms with E-state index in [1.54, 1.807) is 18.5 Å². The van der Waals surface area contributed by atoms with Crippen molar-refractivity contribution in [3.8, 4) is 5.69 Å². The van der Waals surface area contributed by atoms with Crippen molar-refractivity contribution in [2.24, 2.45) is 0 Å². The van der Waals surface area contributed by atoms with Crippen molar-refractivity contribution in [1.82, 2.24) is 14.8 Å². The van der Waals surface area contributed by atoms with Crippen molar-refractivity contribution in [3.05, 3.63) is 76.1 Å². The molecule has 0 fully saturated rings. The van der Waals surface area contributed by atoms with E-state index in [0.717, 1.165) is 22.5 Å². The van der Waals surface area contributed by atoms with E-state index in [0.29, 0.717) is 5.95 Å². The quantitative estimate of drug-likeness (QED) is 0.446. The average Bonchev–Trinajstić information content (AvgIpc) is 3.10. The molecule has 0 saturated heterocycles. The third-order valence-electron chi connectivity index (χ3n) is 4.05.